The van der Waals surface area contributed by atoms with Gasteiger partial charge in [0.1, 0.15) is 12.0 Å². The lowest BCUT2D eigenvalue weighted by Crippen LogP contribution is -2.44. The van der Waals surface area contributed by atoms with Crippen molar-refractivity contribution in [1.82, 2.24) is 5.32 Å². The molecule has 0 aliphatic carbocycles. The van der Waals surface area contributed by atoms with Gasteiger partial charge in [0.15, 0.2) is 0 Å². The molecule has 5 N–H and O–H groups in total. The first-order valence-corrected chi connectivity index (χ1v) is 9.28. The highest BCUT2D eigenvalue weighted by Gasteiger charge is 2.14. The third-order valence-corrected chi connectivity index (χ3v) is 4.52. The molecule has 3 aromatic rings. The third kappa shape index (κ3) is 5.93. The van der Waals surface area contributed by atoms with Crippen LogP contribution in [0.1, 0.15) is 29.0 Å². The van der Waals surface area contributed by atoms with Gasteiger partial charge in [0.05, 0.1) is 6.61 Å². The number of rotatable bonds is 9. The molecule has 4 heteroatoms. The smallest absolute Gasteiger partial charge is 0.119 e. The van der Waals surface area contributed by atoms with Crippen LogP contribution in [-0.2, 0) is 6.54 Å². The molecule has 0 atom stereocenters. The lowest BCUT2D eigenvalue weighted by molar-refractivity contribution is 0.303. The monoisotopic (exact) mass is 361 g/mol. The Labute approximate surface area is 161 Å². The fourth-order valence-electron chi connectivity index (χ4n) is 3.17. The molecule has 3 aromatic carbocycles. The minimum Gasteiger partial charge on any atom is -0.494 e. The molecule has 4 nitrogen and oxygen atoms in total. The van der Waals surface area contributed by atoms with Gasteiger partial charge < -0.3 is 16.2 Å². The molecule has 0 amide bonds. The minimum atomic E-state index is -0.521. The van der Waals surface area contributed by atoms with Crippen molar-refractivity contribution in [2.45, 2.75) is 25.2 Å². The van der Waals surface area contributed by atoms with Crippen LogP contribution in [0.3, 0.4) is 0 Å². The molecule has 0 aliphatic heterocycles. The number of hydrogen-bond donors (Lipinski definition) is 3. The fraction of sp³-hybridized carbons (Fsp3) is 0.217. The molecular weight excluding hydrogens is 334 g/mol. The first-order valence-electron chi connectivity index (χ1n) is 9.28. The fourth-order valence-corrected chi connectivity index (χ4v) is 3.17. The summed E-state index contributed by atoms with van der Waals surface area (Å²) >= 11 is 0. The van der Waals surface area contributed by atoms with E-state index in [0.717, 1.165) is 17.7 Å². The lowest BCUT2D eigenvalue weighted by atomic mass is 9.89. The second-order valence-corrected chi connectivity index (χ2v) is 6.57. The summed E-state index contributed by atoms with van der Waals surface area (Å²) in [4.78, 5) is 0. The summed E-state index contributed by atoms with van der Waals surface area (Å²) in [5, 5.41) is 3.01. The standard InChI is InChI=1S/C23H27N3O/c24-23(25)26-17-18-8-7-13-21(16-18)27-15-14-22(19-9-3-1-4-10-19)20-11-5-2-6-12-20/h1-13,16,22-23,26H,14-15,17,24-25H2. The van der Waals surface area contributed by atoms with Gasteiger partial charge in [0, 0.05) is 12.5 Å². The summed E-state index contributed by atoms with van der Waals surface area (Å²) < 4.78 is 6.04. The molecule has 0 spiro atoms. The van der Waals surface area contributed by atoms with Gasteiger partial charge in [-0.25, -0.2) is 0 Å². The number of benzene rings is 3. The summed E-state index contributed by atoms with van der Waals surface area (Å²) in [6, 6.07) is 29.2. The molecule has 3 rings (SSSR count). The van der Waals surface area contributed by atoms with Crippen molar-refractivity contribution in [3.05, 3.63) is 102 Å². The summed E-state index contributed by atoms with van der Waals surface area (Å²) in [5.74, 6) is 1.17. The molecule has 0 aromatic heterocycles. The molecule has 0 saturated heterocycles. The minimum absolute atomic E-state index is 0.312. The van der Waals surface area contributed by atoms with E-state index in [2.05, 4.69) is 66.0 Å². The van der Waals surface area contributed by atoms with Gasteiger partial charge in [-0.05, 0) is 35.2 Å². The third-order valence-electron chi connectivity index (χ3n) is 4.52. The molecule has 0 aliphatic rings. The average Bonchev–Trinajstić information content (AvgIpc) is 2.71. The van der Waals surface area contributed by atoms with E-state index in [1.807, 2.05) is 24.3 Å². The van der Waals surface area contributed by atoms with Crippen molar-refractivity contribution in [3.63, 3.8) is 0 Å². The van der Waals surface area contributed by atoms with Gasteiger partial charge >= 0.3 is 0 Å². The maximum absolute atomic E-state index is 6.04. The quantitative estimate of drug-likeness (QED) is 0.509. The molecule has 0 fully saturated rings. The number of nitrogens with one attached hydrogen (secondary N) is 1. The largest absolute Gasteiger partial charge is 0.494 e. The highest BCUT2D eigenvalue weighted by atomic mass is 16.5. The van der Waals surface area contributed by atoms with E-state index in [-0.39, 0.29) is 0 Å². The summed E-state index contributed by atoms with van der Waals surface area (Å²) in [5.41, 5.74) is 14.8. The van der Waals surface area contributed by atoms with E-state index in [0.29, 0.717) is 19.1 Å². The van der Waals surface area contributed by atoms with Crippen molar-refractivity contribution in [2.24, 2.45) is 11.5 Å². The second kappa shape index (κ2) is 9.88. The Hall–Kier alpha value is -2.66. The van der Waals surface area contributed by atoms with Crippen LogP contribution in [0.2, 0.25) is 0 Å². The lowest BCUT2D eigenvalue weighted by Gasteiger charge is -2.18. The highest BCUT2D eigenvalue weighted by Crippen LogP contribution is 2.28. The summed E-state index contributed by atoms with van der Waals surface area (Å²) in [7, 11) is 0. The molecule has 140 valence electrons. The van der Waals surface area contributed by atoms with Gasteiger partial charge in [0.25, 0.3) is 0 Å². The zero-order valence-corrected chi connectivity index (χ0v) is 15.4. The second-order valence-electron chi connectivity index (χ2n) is 6.57. The van der Waals surface area contributed by atoms with Gasteiger partial charge in [-0.2, -0.15) is 0 Å². The van der Waals surface area contributed by atoms with Crippen molar-refractivity contribution in [2.75, 3.05) is 6.61 Å². The number of nitrogens with two attached hydrogens (primary N) is 2. The van der Waals surface area contributed by atoms with Crippen LogP contribution < -0.4 is 21.5 Å². The predicted octanol–water partition coefficient (Wildman–Crippen LogP) is 3.58. The Morgan fingerprint density at radius 1 is 0.778 bits per heavy atom. The molecule has 0 saturated carbocycles. The van der Waals surface area contributed by atoms with Crippen LogP contribution in [0, 0.1) is 0 Å². The molecule has 0 bridgehead atoms. The molecule has 0 unspecified atom stereocenters. The number of hydrogen-bond acceptors (Lipinski definition) is 4. The van der Waals surface area contributed by atoms with E-state index < -0.39 is 6.29 Å². The van der Waals surface area contributed by atoms with Crippen molar-refractivity contribution in [3.8, 4) is 5.75 Å². The summed E-state index contributed by atoms with van der Waals surface area (Å²) in [6.45, 7) is 1.26. The van der Waals surface area contributed by atoms with Crippen LogP contribution in [-0.4, -0.2) is 12.9 Å². The van der Waals surface area contributed by atoms with Gasteiger partial charge in [0.2, 0.25) is 0 Å². The van der Waals surface area contributed by atoms with Crippen LogP contribution in [0.4, 0.5) is 0 Å². The first kappa shape index (κ1) is 19.1. The van der Waals surface area contributed by atoms with Gasteiger partial charge in [-0.1, -0.05) is 72.8 Å². The number of ether oxygens (including phenoxy) is 1. The predicted molar refractivity (Wildman–Crippen MR) is 110 cm³/mol. The van der Waals surface area contributed by atoms with Crippen LogP contribution in [0.25, 0.3) is 0 Å². The van der Waals surface area contributed by atoms with E-state index in [4.69, 9.17) is 16.2 Å². The Bertz CT molecular complexity index is 767. The first-order chi connectivity index (χ1) is 13.2. The normalized spacial score (nSPS) is 11.1. The van der Waals surface area contributed by atoms with Crippen molar-refractivity contribution in [1.29, 1.82) is 0 Å². The van der Waals surface area contributed by atoms with Crippen LogP contribution >= 0.6 is 0 Å². The van der Waals surface area contributed by atoms with Crippen LogP contribution in [0.15, 0.2) is 84.9 Å². The molecular formula is C23H27N3O. The zero-order chi connectivity index (χ0) is 18.9. The van der Waals surface area contributed by atoms with E-state index in [9.17, 15) is 0 Å². The van der Waals surface area contributed by atoms with E-state index in [1.54, 1.807) is 0 Å². The Balaban J connectivity index is 1.64. The topological polar surface area (TPSA) is 73.3 Å². The Morgan fingerprint density at radius 3 is 2.00 bits per heavy atom. The van der Waals surface area contributed by atoms with E-state index >= 15 is 0 Å². The van der Waals surface area contributed by atoms with Gasteiger partial charge in [-0.15, -0.1) is 0 Å². The Morgan fingerprint density at radius 2 is 1.41 bits per heavy atom. The zero-order valence-electron chi connectivity index (χ0n) is 15.4. The van der Waals surface area contributed by atoms with Crippen molar-refractivity contribution < 1.29 is 4.74 Å². The molecule has 0 heterocycles. The van der Waals surface area contributed by atoms with E-state index in [1.165, 1.54) is 11.1 Å². The van der Waals surface area contributed by atoms with Crippen molar-refractivity contribution >= 4 is 0 Å². The Kier molecular flexibility index (Phi) is 6.99. The van der Waals surface area contributed by atoms with Crippen LogP contribution in [0.5, 0.6) is 5.75 Å². The molecule has 27 heavy (non-hydrogen) atoms. The SMILES string of the molecule is NC(N)NCc1cccc(OCCC(c2ccccc2)c2ccccc2)c1. The average molecular weight is 361 g/mol. The maximum Gasteiger partial charge on any atom is 0.119 e. The maximum atomic E-state index is 6.04. The summed E-state index contributed by atoms with van der Waals surface area (Å²) in [6.07, 6.45) is 0.386. The highest BCUT2D eigenvalue weighted by molar-refractivity contribution is 5.32. The van der Waals surface area contributed by atoms with Gasteiger partial charge in [-0.3, -0.25) is 5.32 Å². The molecule has 0 radical (unpaired) electrons.